The van der Waals surface area contributed by atoms with Crippen LogP contribution in [0, 0.1) is 0 Å². The molecule has 1 aliphatic rings. The van der Waals surface area contributed by atoms with Crippen LogP contribution in [0.5, 0.6) is 0 Å². The summed E-state index contributed by atoms with van der Waals surface area (Å²) in [5.41, 5.74) is 0.380. The van der Waals surface area contributed by atoms with Crippen LogP contribution < -0.4 is 0 Å². The van der Waals surface area contributed by atoms with E-state index >= 15 is 0 Å². The first-order valence-electron chi connectivity index (χ1n) is 6.05. The molecule has 0 aromatic heterocycles. The summed E-state index contributed by atoms with van der Waals surface area (Å²) in [6, 6.07) is 9.65. The standard InChI is InChI=1S/C13H6F3NO5S/c14-13(15,16)20-22-23-21-17-11(18)8-5-1-3-7-4-2-6-9(10(7)8)12(17)19/h1-6H. The molecule has 0 radical (unpaired) electrons. The van der Waals surface area contributed by atoms with Gasteiger partial charge in [-0.15, -0.1) is 27.5 Å². The Bertz CT molecular complexity index is 744. The van der Waals surface area contributed by atoms with E-state index in [0.717, 1.165) is 0 Å². The molecule has 6 nitrogen and oxygen atoms in total. The van der Waals surface area contributed by atoms with E-state index in [0.29, 0.717) is 15.8 Å². The highest BCUT2D eigenvalue weighted by Crippen LogP contribution is 2.31. The molecule has 0 saturated carbocycles. The van der Waals surface area contributed by atoms with E-state index in [9.17, 15) is 22.8 Å². The zero-order chi connectivity index (χ0) is 16.6. The largest absolute Gasteiger partial charge is 0.550 e. The van der Waals surface area contributed by atoms with Gasteiger partial charge in [-0.25, -0.2) is 0 Å². The molecule has 2 aromatic carbocycles. The lowest BCUT2D eigenvalue weighted by atomic mass is 9.95. The van der Waals surface area contributed by atoms with Gasteiger partial charge in [-0.2, -0.15) is 4.28 Å². The van der Waals surface area contributed by atoms with Crippen molar-refractivity contribution in [1.29, 1.82) is 0 Å². The molecule has 0 unspecified atom stereocenters. The smallest absolute Gasteiger partial charge is 0.266 e. The molecule has 0 saturated heterocycles. The van der Waals surface area contributed by atoms with Crippen LogP contribution in [-0.2, 0) is 13.5 Å². The van der Waals surface area contributed by atoms with Gasteiger partial charge in [-0.3, -0.25) is 9.59 Å². The average Bonchev–Trinajstić information content (AvgIpc) is 2.50. The molecule has 2 amide bonds. The van der Waals surface area contributed by atoms with Crippen molar-refractivity contribution in [2.75, 3.05) is 0 Å². The van der Waals surface area contributed by atoms with Crippen molar-refractivity contribution in [1.82, 2.24) is 5.06 Å². The molecule has 2 aromatic rings. The third-order valence-corrected chi connectivity index (χ3v) is 3.33. The Hall–Kier alpha value is -2.14. The quantitative estimate of drug-likeness (QED) is 0.278. The summed E-state index contributed by atoms with van der Waals surface area (Å²) in [6.45, 7) is 0. The van der Waals surface area contributed by atoms with Gasteiger partial charge in [-0.05, 0) is 17.5 Å². The minimum atomic E-state index is -5.04. The van der Waals surface area contributed by atoms with Gasteiger partial charge in [0, 0.05) is 5.39 Å². The summed E-state index contributed by atoms with van der Waals surface area (Å²) in [5.74, 6) is -1.63. The topological polar surface area (TPSA) is 65.1 Å². The fraction of sp³-hybridized carbons (Fsp3) is 0.0769. The number of hydrogen-bond donors (Lipinski definition) is 0. The second kappa shape index (κ2) is 5.81. The predicted octanol–water partition coefficient (Wildman–Crippen LogP) is 3.40. The number of amides is 2. The van der Waals surface area contributed by atoms with Crippen LogP contribution in [-0.4, -0.2) is 23.2 Å². The first kappa shape index (κ1) is 15.7. The molecule has 1 aliphatic heterocycles. The normalized spacial score (nSPS) is 14.7. The monoisotopic (exact) mass is 345 g/mol. The number of hydroxylamine groups is 2. The Morgan fingerprint density at radius 2 is 1.52 bits per heavy atom. The molecular formula is C13H6F3NO5S. The summed E-state index contributed by atoms with van der Waals surface area (Å²) >= 11 is -0.300. The highest BCUT2D eigenvalue weighted by Gasteiger charge is 2.36. The summed E-state index contributed by atoms with van der Waals surface area (Å²) in [5, 5.41) is 1.45. The van der Waals surface area contributed by atoms with Crippen molar-refractivity contribution < 1.29 is 36.3 Å². The Morgan fingerprint density at radius 3 is 2.04 bits per heavy atom. The number of halogens is 3. The van der Waals surface area contributed by atoms with Crippen LogP contribution >= 0.6 is 12.3 Å². The van der Waals surface area contributed by atoms with Crippen LogP contribution in [0.1, 0.15) is 20.7 Å². The van der Waals surface area contributed by atoms with E-state index in [4.69, 9.17) is 0 Å². The van der Waals surface area contributed by atoms with Gasteiger partial charge in [-0.1, -0.05) is 24.3 Å². The molecule has 0 N–H and O–H groups in total. The maximum Gasteiger partial charge on any atom is 0.550 e. The van der Waals surface area contributed by atoms with E-state index in [2.05, 4.69) is 13.5 Å². The molecular weight excluding hydrogens is 339 g/mol. The summed E-state index contributed by atoms with van der Waals surface area (Å²) < 4.78 is 43.6. The van der Waals surface area contributed by atoms with E-state index in [1.54, 1.807) is 24.3 Å². The maximum absolute atomic E-state index is 12.3. The lowest BCUT2D eigenvalue weighted by molar-refractivity contribution is -0.442. The van der Waals surface area contributed by atoms with Crippen molar-refractivity contribution in [3.05, 3.63) is 47.5 Å². The zero-order valence-electron chi connectivity index (χ0n) is 11.0. The molecule has 1 heterocycles. The van der Waals surface area contributed by atoms with Crippen LogP contribution in [0.4, 0.5) is 13.2 Å². The Morgan fingerprint density at radius 1 is 0.957 bits per heavy atom. The van der Waals surface area contributed by atoms with E-state index in [1.807, 2.05) is 0 Å². The van der Waals surface area contributed by atoms with Crippen LogP contribution in [0.3, 0.4) is 0 Å². The van der Waals surface area contributed by atoms with E-state index in [-0.39, 0.29) is 23.5 Å². The second-order valence-electron chi connectivity index (χ2n) is 4.35. The number of carbonyl (C=O) groups is 2. The highest BCUT2D eigenvalue weighted by molar-refractivity contribution is 7.89. The third kappa shape index (κ3) is 3.01. The number of hydrogen-bond acceptors (Lipinski definition) is 6. The van der Waals surface area contributed by atoms with Crippen LogP contribution in [0.15, 0.2) is 36.4 Å². The lowest BCUT2D eigenvalue weighted by Crippen LogP contribution is -2.38. The first-order valence-corrected chi connectivity index (χ1v) is 6.71. The fourth-order valence-corrected chi connectivity index (χ4v) is 2.50. The summed E-state index contributed by atoms with van der Waals surface area (Å²) in [7, 11) is 0. The molecule has 0 fully saturated rings. The van der Waals surface area contributed by atoms with Crippen molar-refractivity contribution in [2.45, 2.75) is 6.36 Å². The number of imide groups is 1. The van der Waals surface area contributed by atoms with E-state index < -0.39 is 18.2 Å². The number of rotatable bonds is 4. The van der Waals surface area contributed by atoms with Crippen molar-refractivity contribution in [3.63, 3.8) is 0 Å². The van der Waals surface area contributed by atoms with Gasteiger partial charge in [0.15, 0.2) is 0 Å². The van der Waals surface area contributed by atoms with Gasteiger partial charge in [0.05, 0.1) is 11.1 Å². The van der Waals surface area contributed by atoms with Gasteiger partial charge >= 0.3 is 6.36 Å². The molecule has 0 bridgehead atoms. The van der Waals surface area contributed by atoms with Gasteiger partial charge in [0.2, 0.25) is 12.3 Å². The fourth-order valence-electron chi connectivity index (χ4n) is 2.17. The van der Waals surface area contributed by atoms with E-state index in [1.165, 1.54) is 12.1 Å². The lowest BCUT2D eigenvalue weighted by Gasteiger charge is -2.24. The second-order valence-corrected chi connectivity index (χ2v) is 4.77. The van der Waals surface area contributed by atoms with Crippen LogP contribution in [0.25, 0.3) is 10.8 Å². The Balaban J connectivity index is 1.83. The number of alkyl halides is 3. The molecule has 3 rings (SSSR count). The van der Waals surface area contributed by atoms with Crippen LogP contribution in [0.2, 0.25) is 0 Å². The Labute approximate surface area is 131 Å². The molecule has 120 valence electrons. The number of carbonyl (C=O) groups excluding carboxylic acids is 2. The first-order chi connectivity index (χ1) is 10.9. The minimum absolute atomic E-state index is 0.190. The molecule has 0 atom stereocenters. The Kier molecular flexibility index (Phi) is 3.98. The molecule has 0 spiro atoms. The SMILES string of the molecule is O=C1c2cccc3cccc(c23)C(=O)N1OSOOC(F)(F)F. The van der Waals surface area contributed by atoms with Crippen molar-refractivity contribution in [2.24, 2.45) is 0 Å². The van der Waals surface area contributed by atoms with Gasteiger partial charge in [0.1, 0.15) is 0 Å². The number of benzene rings is 2. The summed E-state index contributed by atoms with van der Waals surface area (Å²) in [4.78, 5) is 27.5. The summed E-state index contributed by atoms with van der Waals surface area (Å²) in [6.07, 6.45) is -5.04. The number of nitrogens with zero attached hydrogens (tertiary/aromatic N) is 1. The molecule has 0 aliphatic carbocycles. The highest BCUT2D eigenvalue weighted by atomic mass is 32.2. The van der Waals surface area contributed by atoms with Crippen molar-refractivity contribution >= 4 is 34.9 Å². The van der Waals surface area contributed by atoms with Gasteiger partial charge < -0.3 is 0 Å². The van der Waals surface area contributed by atoms with Crippen molar-refractivity contribution in [3.8, 4) is 0 Å². The third-order valence-electron chi connectivity index (χ3n) is 3.00. The predicted molar refractivity (Wildman–Crippen MR) is 71.3 cm³/mol. The maximum atomic E-state index is 12.3. The molecule has 10 heteroatoms. The van der Waals surface area contributed by atoms with Gasteiger partial charge in [0.25, 0.3) is 11.8 Å². The minimum Gasteiger partial charge on any atom is -0.266 e. The average molecular weight is 345 g/mol. The zero-order valence-corrected chi connectivity index (χ0v) is 11.8. The molecule has 23 heavy (non-hydrogen) atoms.